The predicted molar refractivity (Wildman–Crippen MR) is 85.8 cm³/mol. The van der Waals surface area contributed by atoms with E-state index in [0.29, 0.717) is 0 Å². The second-order valence-corrected chi connectivity index (χ2v) is 6.13. The minimum absolute atomic E-state index is 0.107. The zero-order valence-electron chi connectivity index (χ0n) is 13.4. The number of rotatable bonds is 0. The monoisotopic (exact) mass is 286 g/mol. The van der Waals surface area contributed by atoms with Gasteiger partial charge in [-0.1, -0.05) is 0 Å². The first-order valence-corrected chi connectivity index (χ1v) is 7.88. The third-order valence-electron chi connectivity index (χ3n) is 4.42. The Bertz CT molecular complexity index is 212. The standard InChI is InChI=1S/C14H34N6/c1-9-13(15)10(2)18-7-8-20-12(4)14(16)11(3)19-6-5-17-9/h9-14,17-20H,5-8,15-16H2,1-4H3. The molecule has 1 rings (SSSR count). The Kier molecular flexibility index (Phi) is 7.94. The highest BCUT2D eigenvalue weighted by atomic mass is 15.1. The molecular formula is C14H34N6. The van der Waals surface area contributed by atoms with Crippen molar-refractivity contribution >= 4 is 0 Å². The normalized spacial score (nSPS) is 42.9. The van der Waals surface area contributed by atoms with Crippen molar-refractivity contribution in [3.8, 4) is 0 Å². The maximum Gasteiger partial charge on any atom is 0.0345 e. The molecule has 1 heterocycles. The number of nitrogens with two attached hydrogens (primary N) is 2. The first kappa shape index (κ1) is 17.8. The van der Waals surface area contributed by atoms with Crippen molar-refractivity contribution in [2.75, 3.05) is 26.2 Å². The maximum atomic E-state index is 6.26. The fourth-order valence-corrected chi connectivity index (χ4v) is 2.61. The van der Waals surface area contributed by atoms with Gasteiger partial charge in [-0.25, -0.2) is 0 Å². The second-order valence-electron chi connectivity index (χ2n) is 6.13. The zero-order valence-corrected chi connectivity index (χ0v) is 13.4. The molecule has 0 bridgehead atoms. The lowest BCUT2D eigenvalue weighted by Crippen LogP contribution is -2.58. The topological polar surface area (TPSA) is 100 Å². The molecule has 0 radical (unpaired) electrons. The Hall–Kier alpha value is -0.240. The van der Waals surface area contributed by atoms with Crippen molar-refractivity contribution < 1.29 is 0 Å². The average molecular weight is 286 g/mol. The van der Waals surface area contributed by atoms with E-state index in [4.69, 9.17) is 11.5 Å². The lowest BCUT2D eigenvalue weighted by atomic mass is 10.0. The molecule has 1 aliphatic heterocycles. The summed E-state index contributed by atoms with van der Waals surface area (Å²) < 4.78 is 0. The molecule has 0 amide bonds. The number of hydrogen-bond donors (Lipinski definition) is 6. The molecule has 4 unspecified atom stereocenters. The van der Waals surface area contributed by atoms with Gasteiger partial charge in [0.25, 0.3) is 0 Å². The van der Waals surface area contributed by atoms with E-state index in [2.05, 4.69) is 49.0 Å². The summed E-state index contributed by atoms with van der Waals surface area (Å²) in [4.78, 5) is 0. The molecule has 0 aromatic heterocycles. The van der Waals surface area contributed by atoms with Crippen LogP contribution < -0.4 is 32.7 Å². The maximum absolute atomic E-state index is 6.26. The Morgan fingerprint density at radius 2 is 0.750 bits per heavy atom. The van der Waals surface area contributed by atoms with Crippen LogP contribution in [0.3, 0.4) is 0 Å². The number of hydrogen-bond acceptors (Lipinski definition) is 6. The van der Waals surface area contributed by atoms with Crippen molar-refractivity contribution in [3.63, 3.8) is 0 Å². The van der Waals surface area contributed by atoms with Crippen molar-refractivity contribution in [2.45, 2.75) is 63.9 Å². The molecule has 6 nitrogen and oxygen atoms in total. The van der Waals surface area contributed by atoms with E-state index in [9.17, 15) is 0 Å². The molecule has 20 heavy (non-hydrogen) atoms. The molecule has 0 spiro atoms. The number of nitrogens with one attached hydrogen (secondary N) is 4. The summed E-state index contributed by atoms with van der Waals surface area (Å²) in [6.45, 7) is 12.2. The van der Waals surface area contributed by atoms with Gasteiger partial charge in [-0.2, -0.15) is 0 Å². The van der Waals surface area contributed by atoms with Gasteiger partial charge >= 0.3 is 0 Å². The van der Waals surface area contributed by atoms with Gasteiger partial charge in [-0.05, 0) is 27.7 Å². The third kappa shape index (κ3) is 5.63. The summed E-state index contributed by atoms with van der Waals surface area (Å²) in [5.41, 5.74) is 12.5. The summed E-state index contributed by atoms with van der Waals surface area (Å²) in [6.07, 6.45) is 0. The van der Waals surface area contributed by atoms with Crippen LogP contribution in [0.1, 0.15) is 27.7 Å². The fraction of sp³-hybridized carbons (Fsp3) is 1.00. The Morgan fingerprint density at radius 3 is 0.950 bits per heavy atom. The van der Waals surface area contributed by atoms with Crippen molar-refractivity contribution in [3.05, 3.63) is 0 Å². The molecule has 1 saturated heterocycles. The van der Waals surface area contributed by atoms with Gasteiger partial charge in [0, 0.05) is 62.4 Å². The molecule has 0 aromatic carbocycles. The van der Waals surface area contributed by atoms with E-state index in [1.807, 2.05) is 0 Å². The summed E-state index contributed by atoms with van der Waals surface area (Å²) in [6, 6.07) is 1.37. The zero-order chi connectivity index (χ0) is 15.1. The second kappa shape index (κ2) is 8.92. The largest absolute Gasteiger partial charge is 0.325 e. The van der Waals surface area contributed by atoms with Crippen LogP contribution in [0.4, 0.5) is 0 Å². The molecule has 0 saturated carbocycles. The van der Waals surface area contributed by atoms with Crippen LogP contribution in [0.25, 0.3) is 0 Å². The van der Waals surface area contributed by atoms with Crippen LogP contribution in [0, 0.1) is 0 Å². The molecular weight excluding hydrogens is 252 g/mol. The summed E-state index contributed by atoms with van der Waals surface area (Å²) in [7, 11) is 0. The average Bonchev–Trinajstić information content (AvgIpc) is 2.44. The van der Waals surface area contributed by atoms with Gasteiger partial charge in [-0.15, -0.1) is 0 Å². The molecule has 6 heteroatoms. The van der Waals surface area contributed by atoms with Gasteiger partial charge in [0.05, 0.1) is 0 Å². The first-order chi connectivity index (χ1) is 9.43. The summed E-state index contributed by atoms with van der Waals surface area (Å²) in [5, 5.41) is 13.9. The van der Waals surface area contributed by atoms with Crippen molar-refractivity contribution in [2.24, 2.45) is 11.5 Å². The molecule has 4 atom stereocenters. The molecule has 1 fully saturated rings. The Morgan fingerprint density at radius 1 is 0.550 bits per heavy atom. The van der Waals surface area contributed by atoms with E-state index in [1.54, 1.807) is 0 Å². The smallest absolute Gasteiger partial charge is 0.0345 e. The van der Waals surface area contributed by atoms with Crippen LogP contribution in [0.2, 0.25) is 0 Å². The molecule has 0 aromatic rings. The van der Waals surface area contributed by atoms with Crippen LogP contribution in [0.15, 0.2) is 0 Å². The molecule has 8 N–H and O–H groups in total. The summed E-state index contributed by atoms with van der Waals surface area (Å²) in [5.74, 6) is 0. The van der Waals surface area contributed by atoms with Crippen LogP contribution >= 0.6 is 0 Å². The Balaban J connectivity index is 2.55. The van der Waals surface area contributed by atoms with Gasteiger partial charge in [-0.3, -0.25) is 0 Å². The van der Waals surface area contributed by atoms with Gasteiger partial charge in [0.15, 0.2) is 0 Å². The lowest BCUT2D eigenvalue weighted by molar-refractivity contribution is 0.332. The van der Waals surface area contributed by atoms with E-state index in [-0.39, 0.29) is 36.3 Å². The van der Waals surface area contributed by atoms with Crippen LogP contribution in [-0.2, 0) is 0 Å². The highest BCUT2D eigenvalue weighted by Crippen LogP contribution is 1.99. The minimum atomic E-state index is 0.107. The van der Waals surface area contributed by atoms with E-state index < -0.39 is 0 Å². The van der Waals surface area contributed by atoms with E-state index >= 15 is 0 Å². The van der Waals surface area contributed by atoms with E-state index in [1.165, 1.54) is 0 Å². The molecule has 0 aliphatic carbocycles. The molecule has 120 valence electrons. The highest BCUT2D eigenvalue weighted by Gasteiger charge is 2.21. The van der Waals surface area contributed by atoms with Crippen molar-refractivity contribution in [1.82, 2.24) is 21.3 Å². The summed E-state index contributed by atoms with van der Waals surface area (Å²) >= 11 is 0. The van der Waals surface area contributed by atoms with Crippen LogP contribution in [0.5, 0.6) is 0 Å². The quantitative estimate of drug-likeness (QED) is 0.326. The lowest BCUT2D eigenvalue weighted by Gasteiger charge is -2.31. The minimum Gasteiger partial charge on any atom is -0.325 e. The Labute approximate surface area is 123 Å². The fourth-order valence-electron chi connectivity index (χ4n) is 2.61. The SMILES string of the molecule is CC1NCCNC(C)C(N)C(C)NCCNC(C)C1N. The predicted octanol–water partition coefficient (Wildman–Crippen LogP) is -1.43. The van der Waals surface area contributed by atoms with Crippen molar-refractivity contribution in [1.29, 1.82) is 0 Å². The van der Waals surface area contributed by atoms with Gasteiger partial charge < -0.3 is 32.7 Å². The molecule has 1 aliphatic rings. The van der Waals surface area contributed by atoms with E-state index in [0.717, 1.165) is 26.2 Å². The first-order valence-electron chi connectivity index (χ1n) is 7.88. The van der Waals surface area contributed by atoms with Gasteiger partial charge in [0.2, 0.25) is 0 Å². The van der Waals surface area contributed by atoms with Crippen LogP contribution in [-0.4, -0.2) is 62.4 Å². The third-order valence-corrected chi connectivity index (χ3v) is 4.42. The highest BCUT2D eigenvalue weighted by molar-refractivity contribution is 4.88. The van der Waals surface area contributed by atoms with Gasteiger partial charge in [0.1, 0.15) is 0 Å².